The molecule has 0 aliphatic carbocycles. The third kappa shape index (κ3) is 3.98. The average molecular weight is 315 g/mol. The molecule has 2 fully saturated rings. The fourth-order valence-electron chi connectivity index (χ4n) is 3.24. The van der Waals surface area contributed by atoms with Gasteiger partial charge in [-0.3, -0.25) is 14.7 Å². The van der Waals surface area contributed by atoms with Crippen molar-refractivity contribution in [1.82, 2.24) is 14.8 Å². The van der Waals surface area contributed by atoms with E-state index in [0.717, 1.165) is 26.2 Å². The standard InChI is InChI=1S/C18H25N3O2/c1-14(2)5-6-18(22)21-12-16-17(13-21)23-9-8-20(16)11-15-4-3-7-19-10-15/h3-7,10,14,16-17H,8-9,11-13H2,1-2H3/b6-5+/t16-,17-/m0/s1. The van der Waals surface area contributed by atoms with Gasteiger partial charge in [-0.1, -0.05) is 26.0 Å². The molecule has 5 nitrogen and oxygen atoms in total. The molecule has 2 atom stereocenters. The van der Waals surface area contributed by atoms with Crippen molar-refractivity contribution in [2.45, 2.75) is 32.5 Å². The number of hydrogen-bond acceptors (Lipinski definition) is 4. The molecule has 2 aliphatic heterocycles. The van der Waals surface area contributed by atoms with E-state index in [9.17, 15) is 4.79 Å². The van der Waals surface area contributed by atoms with E-state index in [1.807, 2.05) is 23.2 Å². The summed E-state index contributed by atoms with van der Waals surface area (Å²) in [6, 6.07) is 4.34. The molecule has 0 saturated carbocycles. The van der Waals surface area contributed by atoms with Gasteiger partial charge in [0.1, 0.15) is 0 Å². The second kappa shape index (κ2) is 7.23. The zero-order chi connectivity index (χ0) is 16.2. The first-order valence-electron chi connectivity index (χ1n) is 8.35. The fraction of sp³-hybridized carbons (Fsp3) is 0.556. The van der Waals surface area contributed by atoms with Crippen molar-refractivity contribution in [3.8, 4) is 0 Å². The Morgan fingerprint density at radius 3 is 3.09 bits per heavy atom. The van der Waals surface area contributed by atoms with E-state index < -0.39 is 0 Å². The molecule has 5 heteroatoms. The van der Waals surface area contributed by atoms with Gasteiger partial charge >= 0.3 is 0 Å². The molecule has 1 amide bonds. The maximum Gasteiger partial charge on any atom is 0.246 e. The van der Waals surface area contributed by atoms with Crippen molar-refractivity contribution >= 4 is 5.91 Å². The molecule has 0 aromatic carbocycles. The third-order valence-corrected chi connectivity index (χ3v) is 4.46. The minimum atomic E-state index is 0.0954. The molecule has 0 bridgehead atoms. The molecule has 0 N–H and O–H groups in total. The summed E-state index contributed by atoms with van der Waals surface area (Å²) >= 11 is 0. The number of aromatic nitrogens is 1. The monoisotopic (exact) mass is 315 g/mol. The van der Waals surface area contributed by atoms with Crippen molar-refractivity contribution in [2.75, 3.05) is 26.2 Å². The van der Waals surface area contributed by atoms with Gasteiger partial charge in [0.2, 0.25) is 5.91 Å². The van der Waals surface area contributed by atoms with Gasteiger partial charge in [0, 0.05) is 38.6 Å². The van der Waals surface area contributed by atoms with Gasteiger partial charge in [-0.25, -0.2) is 0 Å². The molecule has 1 aromatic heterocycles. The molecule has 124 valence electrons. The third-order valence-electron chi connectivity index (χ3n) is 4.46. The number of carbonyl (C=O) groups excluding carboxylic acids is 1. The predicted molar refractivity (Wildman–Crippen MR) is 88.7 cm³/mol. The highest BCUT2D eigenvalue weighted by Crippen LogP contribution is 2.24. The number of carbonyl (C=O) groups is 1. The number of ether oxygens (including phenoxy) is 1. The van der Waals surface area contributed by atoms with Gasteiger partial charge in [0.15, 0.2) is 0 Å². The lowest BCUT2D eigenvalue weighted by molar-refractivity contribution is -0.125. The van der Waals surface area contributed by atoms with Crippen molar-refractivity contribution in [1.29, 1.82) is 0 Å². The van der Waals surface area contributed by atoms with Crippen molar-refractivity contribution in [3.05, 3.63) is 42.2 Å². The highest BCUT2D eigenvalue weighted by Gasteiger charge is 2.41. The molecular weight excluding hydrogens is 290 g/mol. The second-order valence-electron chi connectivity index (χ2n) is 6.65. The zero-order valence-electron chi connectivity index (χ0n) is 13.9. The van der Waals surface area contributed by atoms with Crippen LogP contribution in [0.25, 0.3) is 0 Å². The molecule has 3 rings (SSSR count). The van der Waals surface area contributed by atoms with Gasteiger partial charge in [-0.2, -0.15) is 0 Å². The molecule has 23 heavy (non-hydrogen) atoms. The summed E-state index contributed by atoms with van der Waals surface area (Å²) in [6.45, 7) is 8.08. The minimum absolute atomic E-state index is 0.0954. The van der Waals surface area contributed by atoms with E-state index in [1.54, 1.807) is 12.3 Å². The van der Waals surface area contributed by atoms with Crippen LogP contribution in [0.5, 0.6) is 0 Å². The van der Waals surface area contributed by atoms with Crippen molar-refractivity contribution in [2.24, 2.45) is 5.92 Å². The van der Waals surface area contributed by atoms with E-state index >= 15 is 0 Å². The maximum atomic E-state index is 12.3. The number of pyridine rings is 1. The first kappa shape index (κ1) is 16.1. The van der Waals surface area contributed by atoms with Crippen LogP contribution in [0.4, 0.5) is 0 Å². The predicted octanol–water partition coefficient (Wildman–Crippen LogP) is 1.71. The van der Waals surface area contributed by atoms with Crippen LogP contribution in [-0.2, 0) is 16.1 Å². The Labute approximate surface area is 137 Å². The number of rotatable bonds is 4. The fourth-order valence-corrected chi connectivity index (χ4v) is 3.24. The minimum Gasteiger partial charge on any atom is -0.373 e. The van der Waals surface area contributed by atoms with E-state index in [2.05, 4.69) is 29.8 Å². The van der Waals surface area contributed by atoms with E-state index in [0.29, 0.717) is 12.5 Å². The molecular formula is C18H25N3O2. The number of nitrogens with zero attached hydrogens (tertiary/aromatic N) is 3. The SMILES string of the molecule is CC(C)/C=C/C(=O)N1C[C@@H]2OCCN(Cc3cccnc3)[C@H]2C1. The van der Waals surface area contributed by atoms with Crippen LogP contribution in [-0.4, -0.2) is 59.1 Å². The normalized spacial score (nSPS) is 25.3. The quantitative estimate of drug-likeness (QED) is 0.794. The molecule has 0 radical (unpaired) electrons. The Bertz CT molecular complexity index is 559. The number of morpholine rings is 1. The van der Waals surface area contributed by atoms with Crippen LogP contribution >= 0.6 is 0 Å². The largest absolute Gasteiger partial charge is 0.373 e. The molecule has 3 heterocycles. The molecule has 2 aliphatic rings. The number of likely N-dealkylation sites (tertiary alicyclic amines) is 1. The Morgan fingerprint density at radius 2 is 2.35 bits per heavy atom. The molecule has 0 spiro atoms. The van der Waals surface area contributed by atoms with Crippen LogP contribution in [0.3, 0.4) is 0 Å². The van der Waals surface area contributed by atoms with Gasteiger partial charge in [-0.05, 0) is 23.6 Å². The summed E-state index contributed by atoms with van der Waals surface area (Å²) in [6.07, 6.45) is 7.49. The van der Waals surface area contributed by atoms with E-state index in [1.165, 1.54) is 5.56 Å². The van der Waals surface area contributed by atoms with Crippen molar-refractivity contribution < 1.29 is 9.53 Å². The number of fused-ring (bicyclic) bond motifs is 1. The highest BCUT2D eigenvalue weighted by molar-refractivity contribution is 5.87. The summed E-state index contributed by atoms with van der Waals surface area (Å²) < 4.78 is 5.90. The van der Waals surface area contributed by atoms with Gasteiger partial charge in [0.25, 0.3) is 0 Å². The summed E-state index contributed by atoms with van der Waals surface area (Å²) in [4.78, 5) is 20.8. The lowest BCUT2D eigenvalue weighted by Crippen LogP contribution is -2.50. The second-order valence-corrected chi connectivity index (χ2v) is 6.65. The number of amides is 1. The van der Waals surface area contributed by atoms with Crippen LogP contribution < -0.4 is 0 Å². The first-order valence-corrected chi connectivity index (χ1v) is 8.35. The Morgan fingerprint density at radius 1 is 1.48 bits per heavy atom. The van der Waals surface area contributed by atoms with E-state index in [4.69, 9.17) is 4.74 Å². The summed E-state index contributed by atoms with van der Waals surface area (Å²) in [5.41, 5.74) is 1.21. The highest BCUT2D eigenvalue weighted by atomic mass is 16.5. The maximum absolute atomic E-state index is 12.3. The summed E-state index contributed by atoms with van der Waals surface area (Å²) in [7, 11) is 0. The first-order chi connectivity index (χ1) is 11.1. The Kier molecular flexibility index (Phi) is 5.08. The van der Waals surface area contributed by atoms with E-state index in [-0.39, 0.29) is 18.1 Å². The van der Waals surface area contributed by atoms with Gasteiger partial charge < -0.3 is 9.64 Å². The van der Waals surface area contributed by atoms with Crippen LogP contribution in [0, 0.1) is 5.92 Å². The molecule has 0 unspecified atom stereocenters. The van der Waals surface area contributed by atoms with Crippen LogP contribution in [0.1, 0.15) is 19.4 Å². The van der Waals surface area contributed by atoms with Gasteiger partial charge in [0.05, 0.1) is 18.8 Å². The smallest absolute Gasteiger partial charge is 0.246 e. The van der Waals surface area contributed by atoms with Gasteiger partial charge in [-0.15, -0.1) is 0 Å². The molecule has 1 aromatic rings. The zero-order valence-corrected chi connectivity index (χ0v) is 13.9. The lowest BCUT2D eigenvalue weighted by atomic mass is 10.1. The lowest BCUT2D eigenvalue weighted by Gasteiger charge is -2.36. The van der Waals surface area contributed by atoms with Crippen LogP contribution in [0.2, 0.25) is 0 Å². The van der Waals surface area contributed by atoms with Crippen molar-refractivity contribution in [3.63, 3.8) is 0 Å². The number of allylic oxidation sites excluding steroid dienone is 1. The number of hydrogen-bond donors (Lipinski definition) is 0. The Balaban J connectivity index is 1.64. The summed E-state index contributed by atoms with van der Waals surface area (Å²) in [5.74, 6) is 0.486. The molecule has 2 saturated heterocycles. The average Bonchev–Trinajstić information content (AvgIpc) is 2.99. The topological polar surface area (TPSA) is 45.7 Å². The Hall–Kier alpha value is -1.72. The van der Waals surface area contributed by atoms with Crippen LogP contribution in [0.15, 0.2) is 36.7 Å². The summed E-state index contributed by atoms with van der Waals surface area (Å²) in [5, 5.41) is 0.